The topological polar surface area (TPSA) is 31.0 Å². The third-order valence-electron chi connectivity index (χ3n) is 4.99. The third kappa shape index (κ3) is 6.80. The van der Waals surface area contributed by atoms with E-state index in [-0.39, 0.29) is 12.2 Å². The quantitative estimate of drug-likeness (QED) is 0.307. The summed E-state index contributed by atoms with van der Waals surface area (Å²) in [6.07, 6.45) is 0.324. The lowest BCUT2D eigenvalue weighted by Crippen LogP contribution is -2.26. The number of thiophene rings is 1. The predicted molar refractivity (Wildman–Crippen MR) is 119 cm³/mol. The molecule has 0 bridgehead atoms. The van der Waals surface area contributed by atoms with Crippen LogP contribution in [0.5, 0.6) is 5.75 Å². The average molecular weight is 421 g/mol. The van der Waals surface area contributed by atoms with Crippen LogP contribution in [-0.2, 0) is 9.47 Å². The van der Waals surface area contributed by atoms with Gasteiger partial charge in [0.05, 0.1) is 13.2 Å². The van der Waals surface area contributed by atoms with E-state index in [1.807, 2.05) is 11.8 Å². The van der Waals surface area contributed by atoms with Crippen LogP contribution in [0.15, 0.2) is 46.0 Å². The summed E-state index contributed by atoms with van der Waals surface area (Å²) >= 11 is 3.54. The Kier molecular flexibility index (Phi) is 8.27. The summed E-state index contributed by atoms with van der Waals surface area (Å²) in [5, 5.41) is 4.28. The van der Waals surface area contributed by atoms with Crippen molar-refractivity contribution in [3.8, 4) is 5.75 Å². The Morgan fingerprint density at radius 2 is 1.82 bits per heavy atom. The van der Waals surface area contributed by atoms with E-state index in [1.54, 1.807) is 11.3 Å². The lowest BCUT2D eigenvalue weighted by molar-refractivity contribution is 0.0270. The number of hydrogen-bond donors (Lipinski definition) is 0. The van der Waals surface area contributed by atoms with Gasteiger partial charge in [0, 0.05) is 16.0 Å². The van der Waals surface area contributed by atoms with Crippen molar-refractivity contribution in [1.82, 2.24) is 0 Å². The molecule has 2 unspecified atom stereocenters. The lowest BCUT2D eigenvalue weighted by atomic mass is 9.80. The van der Waals surface area contributed by atoms with Gasteiger partial charge in [0.2, 0.25) is 0 Å². The molecule has 0 saturated carbocycles. The van der Waals surface area contributed by atoms with Gasteiger partial charge in [0.25, 0.3) is 0 Å². The summed E-state index contributed by atoms with van der Waals surface area (Å²) in [5.74, 6) is 3.62. The first-order chi connectivity index (χ1) is 13.5. The molecule has 2 heterocycles. The summed E-state index contributed by atoms with van der Waals surface area (Å²) in [6, 6.07) is 10.8. The van der Waals surface area contributed by atoms with Crippen molar-refractivity contribution in [2.75, 3.05) is 25.6 Å². The average Bonchev–Trinajstić information content (AvgIpc) is 3.34. The van der Waals surface area contributed by atoms with Crippen molar-refractivity contribution in [2.45, 2.75) is 50.7 Å². The molecule has 3 nitrogen and oxygen atoms in total. The van der Waals surface area contributed by atoms with Gasteiger partial charge in [-0.3, -0.25) is 0 Å². The summed E-state index contributed by atoms with van der Waals surface area (Å²) in [6.45, 7) is 11.2. The molecule has 1 saturated heterocycles. The zero-order valence-corrected chi connectivity index (χ0v) is 18.9. The van der Waals surface area contributed by atoms with Gasteiger partial charge < -0.3 is 14.2 Å². The zero-order chi connectivity index (χ0) is 19.9. The standard InChI is InChI=1S/C23H32O3S2/c1-16(2)23(17(3)4)18-5-7-19(8-6-18)24-13-21(26-12-20-11-25-20)14-28-22-9-10-27-15-22/h5-10,15-17,20-21,23H,11-14H2,1-4H3. The van der Waals surface area contributed by atoms with Crippen molar-refractivity contribution in [1.29, 1.82) is 0 Å². The molecule has 1 aliphatic rings. The number of rotatable bonds is 12. The molecule has 0 radical (unpaired) electrons. The summed E-state index contributed by atoms with van der Waals surface area (Å²) in [5.41, 5.74) is 1.39. The van der Waals surface area contributed by atoms with Gasteiger partial charge in [0.1, 0.15) is 24.6 Å². The molecular weight excluding hydrogens is 388 g/mol. The third-order valence-corrected chi connectivity index (χ3v) is 6.95. The largest absolute Gasteiger partial charge is 0.491 e. The van der Waals surface area contributed by atoms with Crippen LogP contribution in [0.25, 0.3) is 0 Å². The van der Waals surface area contributed by atoms with Gasteiger partial charge in [-0.05, 0) is 46.9 Å². The maximum atomic E-state index is 6.07. The van der Waals surface area contributed by atoms with Crippen LogP contribution < -0.4 is 4.74 Å². The normalized spacial score (nSPS) is 17.5. The van der Waals surface area contributed by atoms with E-state index >= 15 is 0 Å². The minimum absolute atomic E-state index is 0.0489. The van der Waals surface area contributed by atoms with Crippen LogP contribution in [0.1, 0.15) is 39.2 Å². The zero-order valence-electron chi connectivity index (χ0n) is 17.3. The molecule has 3 rings (SSSR count). The Hall–Kier alpha value is -1.01. The molecule has 2 aromatic rings. The highest BCUT2D eigenvalue weighted by Gasteiger charge is 2.25. The second-order valence-corrected chi connectivity index (χ2v) is 9.95. The number of hydrogen-bond acceptors (Lipinski definition) is 5. The van der Waals surface area contributed by atoms with Crippen LogP contribution >= 0.6 is 23.1 Å². The fraction of sp³-hybridized carbons (Fsp3) is 0.565. The second-order valence-electron chi connectivity index (χ2n) is 8.07. The Balaban J connectivity index is 1.53. The first-order valence-electron chi connectivity index (χ1n) is 10.1. The SMILES string of the molecule is CC(C)C(c1ccc(OCC(CSc2ccsc2)OCC2CO2)cc1)C(C)C. The Morgan fingerprint density at radius 1 is 1.11 bits per heavy atom. The maximum Gasteiger partial charge on any atom is 0.119 e. The van der Waals surface area contributed by atoms with Crippen molar-refractivity contribution in [3.63, 3.8) is 0 Å². The van der Waals surface area contributed by atoms with E-state index in [0.29, 0.717) is 31.0 Å². The fourth-order valence-electron chi connectivity index (χ4n) is 3.59. The van der Waals surface area contributed by atoms with Gasteiger partial charge in [-0.25, -0.2) is 0 Å². The van der Waals surface area contributed by atoms with Crippen LogP contribution in [0, 0.1) is 11.8 Å². The molecule has 1 aromatic carbocycles. The minimum atomic E-state index is 0.0489. The molecule has 5 heteroatoms. The highest BCUT2D eigenvalue weighted by Crippen LogP contribution is 2.32. The van der Waals surface area contributed by atoms with Crippen molar-refractivity contribution >= 4 is 23.1 Å². The summed E-state index contributed by atoms with van der Waals surface area (Å²) < 4.78 is 17.4. The van der Waals surface area contributed by atoms with Gasteiger partial charge >= 0.3 is 0 Å². The molecule has 0 amide bonds. The maximum absolute atomic E-state index is 6.07. The van der Waals surface area contributed by atoms with E-state index in [2.05, 4.69) is 68.8 Å². The van der Waals surface area contributed by atoms with E-state index in [4.69, 9.17) is 14.2 Å². The number of thioether (sulfide) groups is 1. The van der Waals surface area contributed by atoms with Gasteiger partial charge in [-0.15, -0.1) is 11.8 Å². The minimum Gasteiger partial charge on any atom is -0.491 e. The first-order valence-corrected chi connectivity index (χ1v) is 12.1. The molecule has 28 heavy (non-hydrogen) atoms. The van der Waals surface area contributed by atoms with Crippen LogP contribution in [0.4, 0.5) is 0 Å². The molecule has 1 aromatic heterocycles. The predicted octanol–water partition coefficient (Wildman–Crippen LogP) is 6.10. The number of benzene rings is 1. The molecule has 0 aliphatic carbocycles. The summed E-state index contributed by atoms with van der Waals surface area (Å²) in [7, 11) is 0. The lowest BCUT2D eigenvalue weighted by Gasteiger charge is -2.25. The van der Waals surface area contributed by atoms with E-state index < -0.39 is 0 Å². The van der Waals surface area contributed by atoms with Crippen molar-refractivity contribution < 1.29 is 14.2 Å². The molecule has 1 aliphatic heterocycles. The second kappa shape index (κ2) is 10.7. The first kappa shape index (κ1) is 21.7. The highest BCUT2D eigenvalue weighted by atomic mass is 32.2. The summed E-state index contributed by atoms with van der Waals surface area (Å²) in [4.78, 5) is 1.29. The van der Waals surface area contributed by atoms with Gasteiger partial charge in [0.15, 0.2) is 0 Å². The Morgan fingerprint density at radius 3 is 2.39 bits per heavy atom. The van der Waals surface area contributed by atoms with E-state index in [9.17, 15) is 0 Å². The molecule has 1 fully saturated rings. The monoisotopic (exact) mass is 420 g/mol. The van der Waals surface area contributed by atoms with E-state index in [0.717, 1.165) is 18.1 Å². The van der Waals surface area contributed by atoms with Crippen LogP contribution in [0.3, 0.4) is 0 Å². The van der Waals surface area contributed by atoms with Gasteiger partial charge in [-0.1, -0.05) is 39.8 Å². The molecule has 2 atom stereocenters. The smallest absolute Gasteiger partial charge is 0.119 e. The number of ether oxygens (including phenoxy) is 3. The van der Waals surface area contributed by atoms with E-state index in [1.165, 1.54) is 10.5 Å². The van der Waals surface area contributed by atoms with Gasteiger partial charge in [-0.2, -0.15) is 11.3 Å². The Labute approximate surface area is 177 Å². The molecule has 0 N–H and O–H groups in total. The van der Waals surface area contributed by atoms with Crippen LogP contribution in [-0.4, -0.2) is 37.8 Å². The highest BCUT2D eigenvalue weighted by molar-refractivity contribution is 7.99. The van der Waals surface area contributed by atoms with Crippen molar-refractivity contribution in [3.05, 3.63) is 46.7 Å². The van der Waals surface area contributed by atoms with Crippen LogP contribution in [0.2, 0.25) is 0 Å². The molecule has 0 spiro atoms. The number of epoxide rings is 1. The Bertz CT molecular complexity index is 670. The molecular formula is C23H32O3S2. The fourth-order valence-corrected chi connectivity index (χ4v) is 5.37. The van der Waals surface area contributed by atoms with Crippen molar-refractivity contribution in [2.24, 2.45) is 11.8 Å². The molecule has 154 valence electrons.